The fourth-order valence-corrected chi connectivity index (χ4v) is 3.04. The predicted molar refractivity (Wildman–Crippen MR) is 70.3 cm³/mol. The lowest BCUT2D eigenvalue weighted by molar-refractivity contribution is -0.128. The summed E-state index contributed by atoms with van der Waals surface area (Å²) in [6.07, 6.45) is 5.04. The van der Waals surface area contributed by atoms with Crippen LogP contribution in [0.25, 0.3) is 0 Å². The molecular weight excluding hydrogens is 228 g/mol. The lowest BCUT2D eigenvalue weighted by Crippen LogP contribution is -2.34. The Morgan fingerprint density at radius 2 is 2.06 bits per heavy atom. The van der Waals surface area contributed by atoms with Gasteiger partial charge in [0.25, 0.3) is 0 Å². The van der Waals surface area contributed by atoms with E-state index in [2.05, 4.69) is 4.90 Å². The number of hydrogen-bond donors (Lipinski definition) is 0. The second-order valence-electron chi connectivity index (χ2n) is 5.55. The molecule has 102 valence electrons. The summed E-state index contributed by atoms with van der Waals surface area (Å²) in [6.45, 7) is 6.41. The summed E-state index contributed by atoms with van der Waals surface area (Å²) < 4.78 is 0. The van der Waals surface area contributed by atoms with Crippen LogP contribution in [0.2, 0.25) is 0 Å². The van der Waals surface area contributed by atoms with Gasteiger partial charge in [0, 0.05) is 38.9 Å². The fraction of sp³-hybridized carbons (Fsp3) is 0.857. The van der Waals surface area contributed by atoms with E-state index in [-0.39, 0.29) is 5.91 Å². The van der Waals surface area contributed by atoms with Crippen LogP contribution in [0, 0.1) is 5.92 Å². The fourth-order valence-electron chi connectivity index (χ4n) is 3.04. The van der Waals surface area contributed by atoms with Gasteiger partial charge in [0.15, 0.2) is 0 Å². The third-order valence-electron chi connectivity index (χ3n) is 4.26. The molecule has 1 atom stereocenters. The Labute approximate surface area is 109 Å². The normalized spacial score (nSPS) is 26.4. The molecule has 0 aromatic carbocycles. The summed E-state index contributed by atoms with van der Waals surface area (Å²) in [5.41, 5.74) is 0. The molecule has 0 spiro atoms. The molecule has 1 amide bonds. The quantitative estimate of drug-likeness (QED) is 0.760. The van der Waals surface area contributed by atoms with Crippen LogP contribution in [0.1, 0.15) is 39.0 Å². The Balaban J connectivity index is 1.73. The molecule has 0 aromatic rings. The number of nitrogens with zero attached hydrogens (tertiary/aromatic N) is 2. The van der Waals surface area contributed by atoms with Crippen LogP contribution >= 0.6 is 0 Å². The van der Waals surface area contributed by atoms with Crippen molar-refractivity contribution in [3.63, 3.8) is 0 Å². The number of carbonyl (C=O) groups is 2. The number of ketones is 1. The van der Waals surface area contributed by atoms with E-state index in [1.54, 1.807) is 6.92 Å². The average molecular weight is 252 g/mol. The highest BCUT2D eigenvalue weighted by molar-refractivity contribution is 5.82. The molecule has 2 aliphatic rings. The van der Waals surface area contributed by atoms with E-state index in [1.807, 2.05) is 4.90 Å². The number of hydrogen-bond acceptors (Lipinski definition) is 3. The summed E-state index contributed by atoms with van der Waals surface area (Å²) in [6, 6.07) is 0. The molecule has 0 radical (unpaired) electrons. The van der Waals surface area contributed by atoms with Crippen LogP contribution in [0.3, 0.4) is 0 Å². The van der Waals surface area contributed by atoms with Gasteiger partial charge in [-0.2, -0.15) is 0 Å². The Morgan fingerprint density at radius 1 is 1.22 bits per heavy atom. The molecule has 0 bridgehead atoms. The molecule has 18 heavy (non-hydrogen) atoms. The molecule has 1 unspecified atom stereocenters. The number of rotatable bonds is 3. The van der Waals surface area contributed by atoms with E-state index < -0.39 is 0 Å². The molecule has 1 saturated heterocycles. The summed E-state index contributed by atoms with van der Waals surface area (Å²) in [5.74, 6) is 0.968. The van der Waals surface area contributed by atoms with E-state index >= 15 is 0 Å². The van der Waals surface area contributed by atoms with Gasteiger partial charge in [-0.1, -0.05) is 0 Å². The summed E-state index contributed by atoms with van der Waals surface area (Å²) in [5, 5.41) is 0. The molecule has 1 aliphatic carbocycles. The predicted octanol–water partition coefficient (Wildman–Crippen LogP) is 1.30. The topological polar surface area (TPSA) is 40.6 Å². The average Bonchev–Trinajstić information content (AvgIpc) is 2.62. The van der Waals surface area contributed by atoms with Crippen LogP contribution in [-0.2, 0) is 9.59 Å². The van der Waals surface area contributed by atoms with E-state index in [9.17, 15) is 9.59 Å². The second-order valence-corrected chi connectivity index (χ2v) is 5.55. The molecule has 0 aromatic heterocycles. The van der Waals surface area contributed by atoms with E-state index in [4.69, 9.17) is 0 Å². The monoisotopic (exact) mass is 252 g/mol. The third kappa shape index (κ3) is 3.55. The van der Waals surface area contributed by atoms with Gasteiger partial charge in [0.1, 0.15) is 5.78 Å². The zero-order chi connectivity index (χ0) is 13.0. The first-order valence-electron chi connectivity index (χ1n) is 7.17. The van der Waals surface area contributed by atoms with Gasteiger partial charge in [0.05, 0.1) is 0 Å². The second kappa shape index (κ2) is 6.32. The lowest BCUT2D eigenvalue weighted by Gasteiger charge is -2.22. The molecule has 0 N–H and O–H groups in total. The van der Waals surface area contributed by atoms with Crippen molar-refractivity contribution in [2.75, 3.05) is 32.7 Å². The van der Waals surface area contributed by atoms with Crippen molar-refractivity contribution in [1.82, 2.24) is 9.80 Å². The standard InChI is InChI=1S/C14H24N2O2/c1-12(17)16-8-3-7-15(10-11-16)9-6-13-4-2-5-14(13)18/h13H,2-11H2,1H3. The number of amides is 1. The first-order valence-corrected chi connectivity index (χ1v) is 7.17. The van der Waals surface area contributed by atoms with Crippen LogP contribution in [0.4, 0.5) is 0 Å². The van der Waals surface area contributed by atoms with Gasteiger partial charge in [-0.05, 0) is 38.8 Å². The highest BCUT2D eigenvalue weighted by Gasteiger charge is 2.25. The zero-order valence-electron chi connectivity index (χ0n) is 11.4. The molecule has 1 aliphatic heterocycles. The van der Waals surface area contributed by atoms with E-state index in [1.165, 1.54) is 0 Å². The minimum absolute atomic E-state index is 0.183. The summed E-state index contributed by atoms with van der Waals surface area (Å²) in [4.78, 5) is 27.3. The van der Waals surface area contributed by atoms with Gasteiger partial charge < -0.3 is 9.80 Å². The third-order valence-corrected chi connectivity index (χ3v) is 4.26. The molecule has 2 fully saturated rings. The Kier molecular flexibility index (Phi) is 4.75. The van der Waals surface area contributed by atoms with Crippen molar-refractivity contribution in [3.8, 4) is 0 Å². The Morgan fingerprint density at radius 3 is 2.72 bits per heavy atom. The number of Topliss-reactive ketones (excluding diaryl/α,β-unsaturated/α-hetero) is 1. The van der Waals surface area contributed by atoms with Crippen molar-refractivity contribution in [3.05, 3.63) is 0 Å². The first-order chi connectivity index (χ1) is 8.66. The van der Waals surface area contributed by atoms with E-state index in [0.29, 0.717) is 11.7 Å². The SMILES string of the molecule is CC(=O)N1CCCN(CCC2CCCC2=O)CC1. The molecule has 1 heterocycles. The highest BCUT2D eigenvalue weighted by atomic mass is 16.2. The van der Waals surface area contributed by atoms with Crippen LogP contribution in [0.15, 0.2) is 0 Å². The van der Waals surface area contributed by atoms with Gasteiger partial charge in [-0.15, -0.1) is 0 Å². The van der Waals surface area contributed by atoms with Crippen molar-refractivity contribution in [1.29, 1.82) is 0 Å². The van der Waals surface area contributed by atoms with Crippen LogP contribution in [0.5, 0.6) is 0 Å². The maximum Gasteiger partial charge on any atom is 0.219 e. The van der Waals surface area contributed by atoms with Gasteiger partial charge in [-0.25, -0.2) is 0 Å². The van der Waals surface area contributed by atoms with Crippen LogP contribution in [-0.4, -0.2) is 54.2 Å². The minimum atomic E-state index is 0.183. The van der Waals surface area contributed by atoms with Gasteiger partial charge >= 0.3 is 0 Å². The van der Waals surface area contributed by atoms with Gasteiger partial charge in [0.2, 0.25) is 5.91 Å². The molecule has 1 saturated carbocycles. The van der Waals surface area contributed by atoms with Crippen molar-refractivity contribution in [2.24, 2.45) is 5.92 Å². The number of carbonyl (C=O) groups excluding carboxylic acids is 2. The van der Waals surface area contributed by atoms with Crippen LogP contribution < -0.4 is 0 Å². The van der Waals surface area contributed by atoms with Crippen molar-refractivity contribution in [2.45, 2.75) is 39.0 Å². The maximum atomic E-state index is 11.6. The largest absolute Gasteiger partial charge is 0.342 e. The Bertz CT molecular complexity index is 317. The molecule has 4 heteroatoms. The minimum Gasteiger partial charge on any atom is -0.342 e. The summed E-state index contributed by atoms with van der Waals surface area (Å²) >= 11 is 0. The summed E-state index contributed by atoms with van der Waals surface area (Å²) in [7, 11) is 0. The first kappa shape index (κ1) is 13.5. The molecule has 2 rings (SSSR count). The lowest BCUT2D eigenvalue weighted by atomic mass is 10.0. The molecular formula is C14H24N2O2. The molecule has 4 nitrogen and oxygen atoms in total. The zero-order valence-corrected chi connectivity index (χ0v) is 11.4. The maximum absolute atomic E-state index is 11.6. The Hall–Kier alpha value is -0.900. The van der Waals surface area contributed by atoms with Crippen molar-refractivity contribution >= 4 is 11.7 Å². The van der Waals surface area contributed by atoms with Crippen molar-refractivity contribution < 1.29 is 9.59 Å². The smallest absolute Gasteiger partial charge is 0.219 e. The van der Waals surface area contributed by atoms with Gasteiger partial charge in [-0.3, -0.25) is 9.59 Å². The van der Waals surface area contributed by atoms with E-state index in [0.717, 1.165) is 64.8 Å². The highest BCUT2D eigenvalue weighted by Crippen LogP contribution is 2.24.